The van der Waals surface area contributed by atoms with Crippen molar-refractivity contribution in [1.29, 1.82) is 0 Å². The molecule has 1 nitrogen and oxygen atoms in total. The molecule has 1 aliphatic carbocycles. The van der Waals surface area contributed by atoms with E-state index >= 15 is 0 Å². The molecule has 0 heterocycles. The molecule has 82 valence electrons. The van der Waals surface area contributed by atoms with Crippen LogP contribution in [0.4, 0.5) is 0 Å². The van der Waals surface area contributed by atoms with E-state index in [1.54, 1.807) is 0 Å². The Morgan fingerprint density at radius 3 is 2.67 bits per heavy atom. The fraction of sp³-hybridized carbons (Fsp3) is 0.538. The number of rotatable bonds is 2. The third-order valence-electron chi connectivity index (χ3n) is 3.11. The minimum absolute atomic E-state index is 0.422. The van der Waals surface area contributed by atoms with E-state index < -0.39 is 5.60 Å². The Hall–Kier alpha value is -0.301. The van der Waals surface area contributed by atoms with Crippen LogP contribution in [0.5, 0.6) is 0 Å². The number of aliphatic hydroxyl groups is 1. The third-order valence-corrected chi connectivity index (χ3v) is 6.41. The summed E-state index contributed by atoms with van der Waals surface area (Å²) in [6.07, 6.45) is 4.65. The topological polar surface area (TPSA) is 20.2 Å². The van der Waals surface area contributed by atoms with E-state index in [1.165, 1.54) is 23.7 Å². The second kappa shape index (κ2) is 4.69. The molecule has 1 aliphatic rings. The molecule has 2 rings (SSSR count). The van der Waals surface area contributed by atoms with Crippen molar-refractivity contribution in [3.05, 3.63) is 30.3 Å². The molecule has 0 saturated heterocycles. The van der Waals surface area contributed by atoms with Crippen molar-refractivity contribution >= 4 is 19.4 Å². The Balaban J connectivity index is 2.05. The average molecular weight is 269 g/mol. The van der Waals surface area contributed by atoms with Gasteiger partial charge < -0.3 is 0 Å². The van der Waals surface area contributed by atoms with Crippen molar-refractivity contribution < 1.29 is 5.11 Å². The monoisotopic (exact) mass is 270 g/mol. The molecule has 1 N–H and O–H groups in total. The van der Waals surface area contributed by atoms with Crippen LogP contribution in [0.25, 0.3) is 0 Å². The van der Waals surface area contributed by atoms with Crippen LogP contribution in [0, 0.1) is 0 Å². The molecule has 15 heavy (non-hydrogen) atoms. The van der Waals surface area contributed by atoms with Gasteiger partial charge in [0.2, 0.25) is 0 Å². The van der Waals surface area contributed by atoms with Crippen molar-refractivity contribution in [1.82, 2.24) is 0 Å². The van der Waals surface area contributed by atoms with Gasteiger partial charge in [0.05, 0.1) is 0 Å². The molecule has 0 bridgehead atoms. The van der Waals surface area contributed by atoms with Crippen molar-refractivity contribution in [3.63, 3.8) is 0 Å². The first-order valence-electron chi connectivity index (χ1n) is 5.62. The normalized spacial score (nSPS) is 31.5. The fourth-order valence-corrected chi connectivity index (χ4v) is 4.86. The predicted molar refractivity (Wildman–Crippen MR) is 64.7 cm³/mol. The van der Waals surface area contributed by atoms with Crippen molar-refractivity contribution in [2.75, 3.05) is 0 Å². The summed E-state index contributed by atoms with van der Waals surface area (Å²) in [6.45, 7) is 2.02. The van der Waals surface area contributed by atoms with Crippen LogP contribution >= 0.6 is 0 Å². The van der Waals surface area contributed by atoms with E-state index in [4.69, 9.17) is 0 Å². The summed E-state index contributed by atoms with van der Waals surface area (Å²) >= 11 is 0.422. The first-order chi connectivity index (χ1) is 7.18. The molecule has 0 spiro atoms. The Morgan fingerprint density at radius 1 is 1.27 bits per heavy atom. The van der Waals surface area contributed by atoms with E-state index in [0.717, 1.165) is 6.42 Å². The number of benzene rings is 1. The van der Waals surface area contributed by atoms with Crippen LogP contribution in [-0.4, -0.2) is 25.7 Å². The molecule has 0 aliphatic heterocycles. The van der Waals surface area contributed by atoms with Gasteiger partial charge in [-0.3, -0.25) is 0 Å². The van der Waals surface area contributed by atoms with Gasteiger partial charge in [-0.1, -0.05) is 0 Å². The summed E-state index contributed by atoms with van der Waals surface area (Å²) in [5, 5.41) is 10.3. The van der Waals surface area contributed by atoms with E-state index in [0.29, 0.717) is 19.8 Å². The summed E-state index contributed by atoms with van der Waals surface area (Å²) in [5.41, 5.74) is -0.423. The van der Waals surface area contributed by atoms with Crippen molar-refractivity contribution in [2.45, 2.75) is 43.0 Å². The van der Waals surface area contributed by atoms with E-state index in [-0.39, 0.29) is 0 Å². The van der Waals surface area contributed by atoms with Crippen LogP contribution in [0.15, 0.2) is 30.3 Å². The minimum atomic E-state index is -0.423. The van der Waals surface area contributed by atoms with Gasteiger partial charge in [0, 0.05) is 0 Å². The third kappa shape index (κ3) is 2.84. The molecule has 0 aromatic heterocycles. The molecule has 1 aromatic carbocycles. The first-order valence-corrected chi connectivity index (χ1v) is 7.47. The number of hydrogen-bond donors (Lipinski definition) is 1. The second-order valence-corrected chi connectivity index (χ2v) is 7.20. The van der Waals surface area contributed by atoms with Crippen LogP contribution < -0.4 is 4.46 Å². The molecule has 0 unspecified atom stereocenters. The van der Waals surface area contributed by atoms with Crippen LogP contribution in [-0.2, 0) is 0 Å². The number of hydrogen-bond acceptors (Lipinski definition) is 1. The van der Waals surface area contributed by atoms with Crippen LogP contribution in [0.2, 0.25) is 4.82 Å². The summed E-state index contributed by atoms with van der Waals surface area (Å²) in [4.78, 5) is 0.501. The molecule has 0 radical (unpaired) electrons. The summed E-state index contributed by atoms with van der Waals surface area (Å²) in [5.74, 6) is 0. The van der Waals surface area contributed by atoms with Gasteiger partial charge in [-0.15, -0.1) is 0 Å². The zero-order chi connectivity index (χ0) is 10.7. The average Bonchev–Trinajstić information content (AvgIpc) is 2.23. The fourth-order valence-electron chi connectivity index (χ4n) is 2.13. The maximum atomic E-state index is 10.3. The molecule has 1 fully saturated rings. The molecule has 2 heteroatoms. The SMILES string of the molecule is C[C@@]1(O)CCCC[C@H]1[Se]c1ccccc1. The molecular weight excluding hydrogens is 251 g/mol. The van der Waals surface area contributed by atoms with Gasteiger partial charge in [-0.05, 0) is 0 Å². The van der Waals surface area contributed by atoms with Crippen LogP contribution in [0.3, 0.4) is 0 Å². The van der Waals surface area contributed by atoms with Crippen molar-refractivity contribution in [2.24, 2.45) is 0 Å². The zero-order valence-electron chi connectivity index (χ0n) is 9.15. The summed E-state index contributed by atoms with van der Waals surface area (Å²) in [6, 6.07) is 10.6. The van der Waals surface area contributed by atoms with Gasteiger partial charge in [-0.25, -0.2) is 0 Å². The Morgan fingerprint density at radius 2 is 2.00 bits per heavy atom. The molecular formula is C13H18OSe. The predicted octanol–water partition coefficient (Wildman–Crippen LogP) is 2.13. The van der Waals surface area contributed by atoms with Gasteiger partial charge in [0.15, 0.2) is 0 Å². The molecule has 2 atom stereocenters. The van der Waals surface area contributed by atoms with Crippen molar-refractivity contribution in [3.8, 4) is 0 Å². The quantitative estimate of drug-likeness (QED) is 0.815. The van der Waals surface area contributed by atoms with Gasteiger partial charge in [0.1, 0.15) is 0 Å². The van der Waals surface area contributed by atoms with Gasteiger partial charge in [0.25, 0.3) is 0 Å². The summed E-state index contributed by atoms with van der Waals surface area (Å²) in [7, 11) is 0. The first kappa shape index (κ1) is 11.2. The molecule has 1 saturated carbocycles. The Bertz CT molecular complexity index is 308. The van der Waals surface area contributed by atoms with E-state index in [1.807, 2.05) is 6.92 Å². The summed E-state index contributed by atoms with van der Waals surface area (Å²) < 4.78 is 1.41. The maximum absolute atomic E-state index is 10.3. The van der Waals surface area contributed by atoms with Gasteiger partial charge >= 0.3 is 97.9 Å². The Labute approximate surface area is 98.1 Å². The van der Waals surface area contributed by atoms with Crippen LogP contribution in [0.1, 0.15) is 32.6 Å². The molecule has 1 aromatic rings. The zero-order valence-corrected chi connectivity index (χ0v) is 10.9. The van der Waals surface area contributed by atoms with E-state index in [9.17, 15) is 5.11 Å². The molecule has 0 amide bonds. The van der Waals surface area contributed by atoms with Gasteiger partial charge in [-0.2, -0.15) is 0 Å². The standard InChI is InChI=1S/C13H18OSe/c1-13(14)10-6-5-9-12(13)15-11-7-3-2-4-8-11/h2-4,7-8,12,14H,5-6,9-10H2,1H3/t12-,13-/m1/s1. The van der Waals surface area contributed by atoms with E-state index in [2.05, 4.69) is 30.3 Å². The second-order valence-electron chi connectivity index (χ2n) is 4.52. The Kier molecular flexibility index (Phi) is 3.50.